The maximum Gasteiger partial charge on any atom is 0.146 e. The summed E-state index contributed by atoms with van der Waals surface area (Å²) in [6.45, 7) is 6.17. The zero-order valence-electron chi connectivity index (χ0n) is 15.3. The molecule has 4 heteroatoms. The first-order valence-electron chi connectivity index (χ1n) is 9.42. The second kappa shape index (κ2) is 5.55. The lowest BCUT2D eigenvalue weighted by Gasteiger charge is -2.55. The third-order valence-corrected chi connectivity index (χ3v) is 7.45. The quantitative estimate of drug-likeness (QED) is 0.767. The van der Waals surface area contributed by atoms with Gasteiger partial charge in [0.2, 0.25) is 0 Å². The van der Waals surface area contributed by atoms with Crippen molar-refractivity contribution in [3.63, 3.8) is 0 Å². The van der Waals surface area contributed by atoms with E-state index in [1.165, 1.54) is 5.57 Å². The Morgan fingerprint density at radius 1 is 1.24 bits per heavy atom. The van der Waals surface area contributed by atoms with E-state index < -0.39 is 17.6 Å². The van der Waals surface area contributed by atoms with Crippen molar-refractivity contribution in [2.45, 2.75) is 70.5 Å². The monoisotopic (exact) mass is 344 g/mol. The molecule has 3 aliphatic carbocycles. The summed E-state index contributed by atoms with van der Waals surface area (Å²) in [5.41, 5.74) is 1.61. The molecule has 0 aliphatic heterocycles. The predicted molar refractivity (Wildman–Crippen MR) is 94.1 cm³/mol. The third kappa shape index (κ3) is 2.30. The molecule has 0 saturated heterocycles. The van der Waals surface area contributed by atoms with Gasteiger partial charge >= 0.3 is 0 Å². The molecule has 2 fully saturated rings. The molecular formula is C21H28O4. The number of hydrogen-bond acceptors (Lipinski definition) is 4. The van der Waals surface area contributed by atoms with Gasteiger partial charge in [-0.15, -0.1) is 0 Å². The molecule has 0 amide bonds. The Bertz CT molecular complexity index is 732. The van der Waals surface area contributed by atoms with E-state index in [4.69, 9.17) is 4.42 Å². The van der Waals surface area contributed by atoms with Gasteiger partial charge in [-0.25, -0.2) is 0 Å². The minimum absolute atomic E-state index is 0.00996. The zero-order valence-corrected chi connectivity index (χ0v) is 15.3. The summed E-state index contributed by atoms with van der Waals surface area (Å²) in [4.78, 5) is 13.5. The number of hydrogen-bond donors (Lipinski definition) is 2. The molecule has 1 aromatic rings. The van der Waals surface area contributed by atoms with Crippen LogP contribution in [0.5, 0.6) is 0 Å². The van der Waals surface area contributed by atoms with Crippen molar-refractivity contribution in [1.82, 2.24) is 0 Å². The molecule has 0 aromatic carbocycles. The summed E-state index contributed by atoms with van der Waals surface area (Å²) >= 11 is 0. The van der Waals surface area contributed by atoms with E-state index in [2.05, 4.69) is 19.9 Å². The van der Waals surface area contributed by atoms with Gasteiger partial charge in [0.1, 0.15) is 11.5 Å². The minimum Gasteiger partial charge on any atom is -0.469 e. The summed E-state index contributed by atoms with van der Waals surface area (Å²) in [6.07, 6.45) is 6.10. The molecule has 6 atom stereocenters. The fourth-order valence-electron chi connectivity index (χ4n) is 5.89. The lowest BCUT2D eigenvalue weighted by molar-refractivity contribution is -0.138. The summed E-state index contributed by atoms with van der Waals surface area (Å²) in [6, 6.07) is 1.94. The lowest BCUT2D eigenvalue weighted by atomic mass is 9.49. The van der Waals surface area contributed by atoms with Crippen LogP contribution in [0.2, 0.25) is 0 Å². The highest BCUT2D eigenvalue weighted by molar-refractivity contribution is 5.93. The van der Waals surface area contributed by atoms with Gasteiger partial charge in [0.25, 0.3) is 0 Å². The van der Waals surface area contributed by atoms with E-state index in [9.17, 15) is 15.0 Å². The van der Waals surface area contributed by atoms with Gasteiger partial charge in [-0.1, -0.05) is 18.6 Å². The number of carbonyl (C=O) groups is 1. The molecule has 0 radical (unpaired) electrons. The Morgan fingerprint density at radius 2 is 2.00 bits per heavy atom. The van der Waals surface area contributed by atoms with Gasteiger partial charge in [-0.05, 0) is 63.4 Å². The minimum atomic E-state index is -0.694. The van der Waals surface area contributed by atoms with Crippen molar-refractivity contribution in [2.24, 2.45) is 17.3 Å². The normalized spacial score (nSPS) is 44.0. The van der Waals surface area contributed by atoms with Gasteiger partial charge < -0.3 is 14.6 Å². The molecule has 2 N–H and O–H groups in total. The Hall–Kier alpha value is -1.39. The Balaban J connectivity index is 1.70. The summed E-state index contributed by atoms with van der Waals surface area (Å²) in [5.74, 6) is 1.39. The molecule has 1 heterocycles. The highest BCUT2D eigenvalue weighted by Crippen LogP contribution is 2.58. The van der Waals surface area contributed by atoms with Crippen LogP contribution < -0.4 is 0 Å². The first kappa shape index (κ1) is 17.0. The molecule has 4 rings (SSSR count). The van der Waals surface area contributed by atoms with Crippen molar-refractivity contribution < 1.29 is 19.4 Å². The molecule has 3 aliphatic rings. The van der Waals surface area contributed by atoms with E-state index >= 15 is 0 Å². The zero-order chi connectivity index (χ0) is 18.0. The molecule has 0 unspecified atom stereocenters. The Kier molecular flexibility index (Phi) is 3.79. The van der Waals surface area contributed by atoms with Crippen molar-refractivity contribution in [3.8, 4) is 0 Å². The molecule has 25 heavy (non-hydrogen) atoms. The SMILES string of the molecule is Cc1occc1[C@@]1(C)CC[C@H]2[C@@H](CC=C3C[C@@H](O)[C@H](O)C[C@@]32C)C1=O. The highest BCUT2D eigenvalue weighted by Gasteiger charge is 2.56. The second-order valence-corrected chi connectivity index (χ2v) is 8.76. The number of ketones is 1. The Labute approximate surface area is 148 Å². The molecule has 136 valence electrons. The van der Waals surface area contributed by atoms with Crippen LogP contribution >= 0.6 is 0 Å². The van der Waals surface area contributed by atoms with Crippen LogP contribution in [0, 0.1) is 24.2 Å². The van der Waals surface area contributed by atoms with Gasteiger partial charge in [-0.2, -0.15) is 0 Å². The molecule has 4 nitrogen and oxygen atoms in total. The number of carbonyl (C=O) groups excluding carboxylic acids is 1. The third-order valence-electron chi connectivity index (χ3n) is 7.45. The molecule has 1 aromatic heterocycles. The van der Waals surface area contributed by atoms with Crippen LogP contribution in [-0.2, 0) is 10.2 Å². The summed E-state index contributed by atoms with van der Waals surface area (Å²) < 4.78 is 5.47. The first-order chi connectivity index (χ1) is 11.8. The maximum absolute atomic E-state index is 13.5. The van der Waals surface area contributed by atoms with E-state index in [-0.39, 0.29) is 17.3 Å². The van der Waals surface area contributed by atoms with Gasteiger partial charge in [0, 0.05) is 11.5 Å². The van der Waals surface area contributed by atoms with Gasteiger partial charge in [0.15, 0.2) is 0 Å². The number of aliphatic hydroxyl groups excluding tert-OH is 2. The van der Waals surface area contributed by atoms with Crippen LogP contribution in [0.1, 0.15) is 57.3 Å². The molecular weight excluding hydrogens is 316 g/mol. The molecule has 0 spiro atoms. The fourth-order valence-corrected chi connectivity index (χ4v) is 5.89. The highest BCUT2D eigenvalue weighted by atomic mass is 16.3. The number of aliphatic hydroxyl groups is 2. The van der Waals surface area contributed by atoms with E-state index in [0.29, 0.717) is 18.6 Å². The van der Waals surface area contributed by atoms with Crippen molar-refractivity contribution in [2.75, 3.05) is 0 Å². The van der Waals surface area contributed by atoms with Crippen LogP contribution in [-0.4, -0.2) is 28.2 Å². The summed E-state index contributed by atoms with van der Waals surface area (Å²) in [7, 11) is 0. The number of Topliss-reactive ketones (excluding diaryl/α,β-unsaturated/α-hetero) is 1. The number of fused-ring (bicyclic) bond motifs is 3. The number of furan rings is 1. The van der Waals surface area contributed by atoms with E-state index in [0.717, 1.165) is 30.6 Å². The topological polar surface area (TPSA) is 70.7 Å². The average molecular weight is 344 g/mol. The predicted octanol–water partition coefficient (Wildman–Crippen LogP) is 3.29. The molecule has 0 bridgehead atoms. The standard InChI is InChI=1S/C21H28O4/c1-12-15(7-9-25-12)20(2)8-6-16-14(19(20)24)5-4-13-10-17(22)18(23)11-21(13,16)3/h4,7,9,14,16-18,22-23H,5-6,8,10-11H2,1-3H3/t14-,16+,17-,18-,20-,21+/m1/s1. The van der Waals surface area contributed by atoms with Crippen LogP contribution in [0.4, 0.5) is 0 Å². The van der Waals surface area contributed by atoms with Crippen molar-refractivity contribution >= 4 is 5.78 Å². The number of rotatable bonds is 1. The van der Waals surface area contributed by atoms with E-state index in [1.54, 1.807) is 6.26 Å². The van der Waals surface area contributed by atoms with Crippen molar-refractivity contribution in [1.29, 1.82) is 0 Å². The fraction of sp³-hybridized carbons (Fsp3) is 0.667. The average Bonchev–Trinajstić information content (AvgIpc) is 2.99. The number of aryl methyl sites for hydroxylation is 1. The number of allylic oxidation sites excluding steroid dienone is 1. The summed E-state index contributed by atoms with van der Waals surface area (Å²) in [5, 5.41) is 20.3. The van der Waals surface area contributed by atoms with Crippen LogP contribution in [0.25, 0.3) is 0 Å². The van der Waals surface area contributed by atoms with Gasteiger partial charge in [0.05, 0.1) is 23.9 Å². The van der Waals surface area contributed by atoms with Crippen LogP contribution in [0.3, 0.4) is 0 Å². The van der Waals surface area contributed by atoms with Crippen molar-refractivity contribution in [3.05, 3.63) is 35.3 Å². The maximum atomic E-state index is 13.5. The smallest absolute Gasteiger partial charge is 0.146 e. The second-order valence-electron chi connectivity index (χ2n) is 8.76. The lowest BCUT2D eigenvalue weighted by Crippen LogP contribution is -2.54. The van der Waals surface area contributed by atoms with E-state index in [1.807, 2.05) is 13.0 Å². The first-order valence-corrected chi connectivity index (χ1v) is 9.42. The van der Waals surface area contributed by atoms with Crippen LogP contribution in [0.15, 0.2) is 28.4 Å². The Morgan fingerprint density at radius 3 is 2.68 bits per heavy atom. The molecule has 2 saturated carbocycles. The largest absolute Gasteiger partial charge is 0.469 e. The van der Waals surface area contributed by atoms with Gasteiger partial charge in [-0.3, -0.25) is 4.79 Å².